The molecule has 4 heteroatoms. The third kappa shape index (κ3) is 4.88. The summed E-state index contributed by atoms with van der Waals surface area (Å²) in [7, 11) is 1.64. The summed E-state index contributed by atoms with van der Waals surface area (Å²) in [6.45, 7) is 2.08. The predicted octanol–water partition coefficient (Wildman–Crippen LogP) is 3.61. The molecule has 17 heavy (non-hydrogen) atoms. The molecule has 2 atom stereocenters. The molecule has 96 valence electrons. The summed E-state index contributed by atoms with van der Waals surface area (Å²) in [6, 6.07) is 7.66. The lowest BCUT2D eigenvalue weighted by molar-refractivity contribution is -0.00457. The van der Waals surface area contributed by atoms with Gasteiger partial charge in [-0.15, -0.1) is 11.8 Å². The largest absolute Gasteiger partial charge is 0.390 e. The Morgan fingerprint density at radius 3 is 2.71 bits per heavy atom. The molecule has 0 fully saturated rings. The molecule has 2 unspecified atom stereocenters. The van der Waals surface area contributed by atoms with Crippen molar-refractivity contribution in [2.75, 3.05) is 12.9 Å². The Morgan fingerprint density at radius 2 is 2.12 bits per heavy atom. The predicted molar refractivity (Wildman–Crippen MR) is 73.9 cm³/mol. The van der Waals surface area contributed by atoms with E-state index in [-0.39, 0.29) is 6.10 Å². The molecule has 0 saturated carbocycles. The summed E-state index contributed by atoms with van der Waals surface area (Å²) in [4.78, 5) is 1.000. The lowest BCUT2D eigenvalue weighted by Gasteiger charge is -2.20. The smallest absolute Gasteiger partial charge is 0.0895 e. The molecule has 0 aliphatic rings. The fourth-order valence-corrected chi connectivity index (χ4v) is 2.84. The van der Waals surface area contributed by atoms with Gasteiger partial charge in [0.25, 0.3) is 0 Å². The maximum atomic E-state index is 10.0. The van der Waals surface area contributed by atoms with Crippen LogP contribution in [-0.2, 0) is 4.74 Å². The van der Waals surface area contributed by atoms with Crippen LogP contribution in [0.15, 0.2) is 29.2 Å². The molecule has 0 aromatic heterocycles. The molecule has 2 nitrogen and oxygen atoms in total. The normalized spacial score (nSPS) is 14.6. The second kappa shape index (κ2) is 7.98. The highest BCUT2D eigenvalue weighted by Gasteiger charge is 2.18. The number of halogens is 1. The number of benzene rings is 1. The minimum atomic E-state index is -0.457. The van der Waals surface area contributed by atoms with Gasteiger partial charge in [0.15, 0.2) is 0 Å². The fourth-order valence-electron chi connectivity index (χ4n) is 1.60. The lowest BCUT2D eigenvalue weighted by Crippen LogP contribution is -2.29. The van der Waals surface area contributed by atoms with E-state index in [1.807, 2.05) is 24.3 Å². The summed E-state index contributed by atoms with van der Waals surface area (Å²) in [5, 5.41) is 10.7. The Balaban J connectivity index is 2.47. The van der Waals surface area contributed by atoms with E-state index in [4.69, 9.17) is 16.3 Å². The molecule has 1 aromatic rings. The Kier molecular flexibility index (Phi) is 6.97. The molecule has 0 radical (unpaired) electrons. The first-order chi connectivity index (χ1) is 8.19. The Morgan fingerprint density at radius 1 is 1.41 bits per heavy atom. The number of thioether (sulfide) groups is 1. The summed E-state index contributed by atoms with van der Waals surface area (Å²) in [5.41, 5.74) is 0. The second-order valence-electron chi connectivity index (χ2n) is 3.87. The zero-order chi connectivity index (χ0) is 12.7. The van der Waals surface area contributed by atoms with Crippen molar-refractivity contribution in [3.63, 3.8) is 0 Å². The molecule has 0 aliphatic heterocycles. The van der Waals surface area contributed by atoms with Gasteiger partial charge in [-0.1, -0.05) is 37.1 Å². The van der Waals surface area contributed by atoms with Crippen LogP contribution in [0.4, 0.5) is 0 Å². The van der Waals surface area contributed by atoms with E-state index in [1.165, 1.54) is 0 Å². The van der Waals surface area contributed by atoms with Crippen LogP contribution in [0.2, 0.25) is 5.02 Å². The van der Waals surface area contributed by atoms with Gasteiger partial charge in [-0.05, 0) is 18.6 Å². The minimum absolute atomic E-state index is 0.0880. The van der Waals surface area contributed by atoms with Gasteiger partial charge in [0.05, 0.1) is 17.2 Å². The van der Waals surface area contributed by atoms with Gasteiger partial charge in [0, 0.05) is 17.8 Å². The molecule has 0 spiro atoms. The van der Waals surface area contributed by atoms with Crippen LogP contribution in [0.5, 0.6) is 0 Å². The number of hydrogen-bond donors (Lipinski definition) is 1. The standard InChI is InChI=1S/C13H19ClO2S/c1-3-6-12(16-2)11(15)9-17-13-8-5-4-7-10(13)14/h4-5,7-8,11-12,15H,3,6,9H2,1-2H3. The Labute approximate surface area is 112 Å². The molecular formula is C13H19ClO2S. The van der Waals surface area contributed by atoms with E-state index in [1.54, 1.807) is 18.9 Å². The molecular weight excluding hydrogens is 256 g/mol. The molecule has 0 aliphatic carbocycles. The van der Waals surface area contributed by atoms with E-state index in [0.29, 0.717) is 5.75 Å². The van der Waals surface area contributed by atoms with Crippen LogP contribution < -0.4 is 0 Å². The Hall–Kier alpha value is -0.220. The molecule has 1 rings (SSSR count). The van der Waals surface area contributed by atoms with Gasteiger partial charge in [0.1, 0.15) is 0 Å². The van der Waals surface area contributed by atoms with Gasteiger partial charge < -0.3 is 9.84 Å². The second-order valence-corrected chi connectivity index (χ2v) is 5.34. The number of aliphatic hydroxyl groups is 1. The average molecular weight is 275 g/mol. The van der Waals surface area contributed by atoms with E-state index >= 15 is 0 Å². The summed E-state index contributed by atoms with van der Waals surface area (Å²) < 4.78 is 5.27. The topological polar surface area (TPSA) is 29.5 Å². The van der Waals surface area contributed by atoms with Crippen molar-refractivity contribution in [3.8, 4) is 0 Å². The van der Waals surface area contributed by atoms with Gasteiger partial charge in [-0.25, -0.2) is 0 Å². The zero-order valence-corrected chi connectivity index (χ0v) is 11.8. The van der Waals surface area contributed by atoms with Crippen LogP contribution in [0, 0.1) is 0 Å². The Bertz CT molecular complexity index is 333. The number of rotatable bonds is 7. The summed E-state index contributed by atoms with van der Waals surface area (Å²) in [5.74, 6) is 0.599. The van der Waals surface area contributed by atoms with Crippen molar-refractivity contribution in [1.82, 2.24) is 0 Å². The van der Waals surface area contributed by atoms with Crippen molar-refractivity contribution in [3.05, 3.63) is 29.3 Å². The third-order valence-corrected chi connectivity index (χ3v) is 4.17. The third-order valence-electron chi connectivity index (χ3n) is 2.55. The molecule has 0 amide bonds. The van der Waals surface area contributed by atoms with E-state index < -0.39 is 6.10 Å². The average Bonchev–Trinajstić information content (AvgIpc) is 2.34. The highest BCUT2D eigenvalue weighted by molar-refractivity contribution is 7.99. The number of ether oxygens (including phenoxy) is 1. The molecule has 0 heterocycles. The quantitative estimate of drug-likeness (QED) is 0.771. The fraction of sp³-hybridized carbons (Fsp3) is 0.538. The van der Waals surface area contributed by atoms with Crippen molar-refractivity contribution in [2.24, 2.45) is 0 Å². The zero-order valence-electron chi connectivity index (χ0n) is 10.2. The van der Waals surface area contributed by atoms with Crippen LogP contribution in [0.25, 0.3) is 0 Å². The van der Waals surface area contributed by atoms with Crippen LogP contribution >= 0.6 is 23.4 Å². The lowest BCUT2D eigenvalue weighted by atomic mass is 10.1. The van der Waals surface area contributed by atoms with Crippen molar-refractivity contribution in [1.29, 1.82) is 0 Å². The maximum Gasteiger partial charge on any atom is 0.0895 e. The van der Waals surface area contributed by atoms with Crippen molar-refractivity contribution < 1.29 is 9.84 Å². The van der Waals surface area contributed by atoms with E-state index in [2.05, 4.69) is 6.92 Å². The highest BCUT2D eigenvalue weighted by atomic mass is 35.5. The molecule has 0 bridgehead atoms. The monoisotopic (exact) mass is 274 g/mol. The number of aliphatic hydroxyl groups excluding tert-OH is 1. The van der Waals surface area contributed by atoms with E-state index in [0.717, 1.165) is 22.8 Å². The van der Waals surface area contributed by atoms with Crippen LogP contribution in [0.1, 0.15) is 19.8 Å². The summed E-state index contributed by atoms with van der Waals surface area (Å²) >= 11 is 7.61. The SMILES string of the molecule is CCCC(OC)C(O)CSc1ccccc1Cl. The summed E-state index contributed by atoms with van der Waals surface area (Å²) in [6.07, 6.45) is 1.34. The van der Waals surface area contributed by atoms with Crippen LogP contribution in [-0.4, -0.2) is 30.2 Å². The molecule has 0 saturated heterocycles. The van der Waals surface area contributed by atoms with Gasteiger partial charge in [-0.3, -0.25) is 0 Å². The van der Waals surface area contributed by atoms with E-state index in [9.17, 15) is 5.11 Å². The highest BCUT2D eigenvalue weighted by Crippen LogP contribution is 2.27. The van der Waals surface area contributed by atoms with Crippen LogP contribution in [0.3, 0.4) is 0 Å². The van der Waals surface area contributed by atoms with Crippen molar-refractivity contribution >= 4 is 23.4 Å². The number of hydrogen-bond acceptors (Lipinski definition) is 3. The van der Waals surface area contributed by atoms with Gasteiger partial charge >= 0.3 is 0 Å². The first kappa shape index (κ1) is 14.8. The van der Waals surface area contributed by atoms with Gasteiger partial charge in [-0.2, -0.15) is 0 Å². The molecule has 1 N–H and O–H groups in total. The molecule has 1 aromatic carbocycles. The first-order valence-electron chi connectivity index (χ1n) is 5.77. The van der Waals surface area contributed by atoms with Crippen molar-refractivity contribution in [2.45, 2.75) is 36.9 Å². The first-order valence-corrected chi connectivity index (χ1v) is 7.13. The maximum absolute atomic E-state index is 10.0. The minimum Gasteiger partial charge on any atom is -0.390 e. The van der Waals surface area contributed by atoms with Gasteiger partial charge in [0.2, 0.25) is 0 Å². The number of methoxy groups -OCH3 is 1.